The normalized spacial score (nSPS) is 21.9. The van der Waals surface area contributed by atoms with Crippen molar-refractivity contribution in [3.05, 3.63) is 83.4 Å². The lowest BCUT2D eigenvalue weighted by molar-refractivity contribution is 0.0379. The molecule has 0 aliphatic carbocycles. The van der Waals surface area contributed by atoms with Gasteiger partial charge < -0.3 is 24.8 Å². The number of carbonyl (C=O) groups excluding carboxylic acids is 2. The Hall–Kier alpha value is -4.20. The molecule has 2 atom stereocenters. The van der Waals surface area contributed by atoms with E-state index in [-0.39, 0.29) is 24.8 Å². The van der Waals surface area contributed by atoms with Crippen molar-refractivity contribution in [2.24, 2.45) is 0 Å². The molecule has 172 valence electrons. The van der Waals surface area contributed by atoms with E-state index < -0.39 is 5.72 Å². The summed E-state index contributed by atoms with van der Waals surface area (Å²) in [6.45, 7) is 2.49. The number of carbonyl (C=O) groups is 2. The lowest BCUT2D eigenvalue weighted by atomic mass is 9.90. The third kappa shape index (κ3) is 3.39. The highest BCUT2D eigenvalue weighted by atomic mass is 16.7. The molecule has 2 N–H and O–H groups in total. The number of para-hydroxylation sites is 1. The van der Waals surface area contributed by atoms with E-state index in [0.29, 0.717) is 35.7 Å². The fraction of sp³-hybridized carbons (Fsp3) is 0.231. The summed E-state index contributed by atoms with van der Waals surface area (Å²) >= 11 is 0. The molecule has 0 aromatic heterocycles. The van der Waals surface area contributed by atoms with Gasteiger partial charge in [0, 0.05) is 29.8 Å². The van der Waals surface area contributed by atoms with Gasteiger partial charge in [-0.1, -0.05) is 24.3 Å². The number of hydrogen-bond donors (Lipinski definition) is 2. The molecule has 3 aliphatic heterocycles. The summed E-state index contributed by atoms with van der Waals surface area (Å²) < 4.78 is 17.0. The summed E-state index contributed by atoms with van der Waals surface area (Å²) in [5.41, 5.74) is 2.23. The minimum Gasteiger partial charge on any atom is -0.467 e. The van der Waals surface area contributed by atoms with Crippen LogP contribution in [0.25, 0.3) is 0 Å². The highest BCUT2D eigenvalue weighted by Crippen LogP contribution is 2.45. The second kappa shape index (κ2) is 7.69. The Kier molecular flexibility index (Phi) is 4.62. The SMILES string of the molecule is C[C@@]12C[C@@H](NC(=O)N1c1ccc(C(=O)NCc3ccc4c(c3)OCO4)cc1)c1ccccc1O2. The molecule has 0 spiro atoms. The van der Waals surface area contributed by atoms with Crippen molar-refractivity contribution in [3.8, 4) is 17.2 Å². The van der Waals surface area contributed by atoms with Crippen LogP contribution in [-0.4, -0.2) is 24.5 Å². The van der Waals surface area contributed by atoms with Crippen molar-refractivity contribution in [3.63, 3.8) is 0 Å². The molecule has 3 aliphatic rings. The Morgan fingerprint density at radius 3 is 2.71 bits per heavy atom. The van der Waals surface area contributed by atoms with E-state index in [1.165, 1.54) is 0 Å². The van der Waals surface area contributed by atoms with Gasteiger partial charge in [0.15, 0.2) is 17.2 Å². The first-order valence-corrected chi connectivity index (χ1v) is 11.2. The van der Waals surface area contributed by atoms with Gasteiger partial charge in [-0.3, -0.25) is 9.69 Å². The van der Waals surface area contributed by atoms with Crippen molar-refractivity contribution >= 4 is 17.6 Å². The molecule has 8 heteroatoms. The molecule has 3 aromatic carbocycles. The van der Waals surface area contributed by atoms with E-state index in [9.17, 15) is 9.59 Å². The van der Waals surface area contributed by atoms with Crippen LogP contribution >= 0.6 is 0 Å². The maximum Gasteiger partial charge on any atom is 0.325 e. The van der Waals surface area contributed by atoms with Gasteiger partial charge in [-0.2, -0.15) is 0 Å². The number of hydrogen-bond acceptors (Lipinski definition) is 5. The molecule has 1 saturated heterocycles. The van der Waals surface area contributed by atoms with Crippen molar-refractivity contribution < 1.29 is 23.8 Å². The number of nitrogens with zero attached hydrogens (tertiary/aromatic N) is 1. The quantitative estimate of drug-likeness (QED) is 0.615. The summed E-state index contributed by atoms with van der Waals surface area (Å²) in [6.07, 6.45) is 0.619. The summed E-state index contributed by atoms with van der Waals surface area (Å²) in [5, 5.41) is 5.99. The zero-order valence-corrected chi connectivity index (χ0v) is 18.5. The zero-order chi connectivity index (χ0) is 23.3. The average molecular weight is 457 g/mol. The van der Waals surface area contributed by atoms with Crippen LogP contribution in [0.5, 0.6) is 17.2 Å². The second-order valence-corrected chi connectivity index (χ2v) is 8.77. The highest BCUT2D eigenvalue weighted by Gasteiger charge is 2.49. The van der Waals surface area contributed by atoms with Crippen LogP contribution in [0.1, 0.15) is 40.9 Å². The van der Waals surface area contributed by atoms with Gasteiger partial charge in [-0.05, 0) is 55.0 Å². The number of benzene rings is 3. The molecule has 3 heterocycles. The highest BCUT2D eigenvalue weighted by molar-refractivity contribution is 5.97. The van der Waals surface area contributed by atoms with Gasteiger partial charge in [0.1, 0.15) is 5.75 Å². The second-order valence-electron chi connectivity index (χ2n) is 8.77. The summed E-state index contributed by atoms with van der Waals surface area (Å²) in [7, 11) is 0. The van der Waals surface area contributed by atoms with Gasteiger partial charge in [-0.25, -0.2) is 4.79 Å². The number of amides is 3. The molecule has 8 nitrogen and oxygen atoms in total. The maximum atomic E-state index is 13.0. The summed E-state index contributed by atoms with van der Waals surface area (Å²) in [4.78, 5) is 27.3. The molecular weight excluding hydrogens is 434 g/mol. The van der Waals surface area contributed by atoms with Crippen molar-refractivity contribution in [2.45, 2.75) is 31.7 Å². The standard InChI is InChI=1S/C26H23N3O5/c1-26-13-20(19-4-2-3-5-21(19)34-26)28-25(31)29(26)18-9-7-17(8-10-18)24(30)27-14-16-6-11-22-23(12-16)33-15-32-22/h2-12,20H,13-15H2,1H3,(H,27,30)(H,28,31)/t20-,26-/m1/s1. The van der Waals surface area contributed by atoms with Gasteiger partial charge in [0.25, 0.3) is 5.91 Å². The van der Waals surface area contributed by atoms with Crippen molar-refractivity contribution in [1.29, 1.82) is 0 Å². The molecule has 6 rings (SSSR count). The molecule has 1 fully saturated rings. The molecular formula is C26H23N3O5. The molecule has 34 heavy (non-hydrogen) atoms. The van der Waals surface area contributed by atoms with Crippen LogP contribution < -0.4 is 29.7 Å². The maximum absolute atomic E-state index is 13.0. The zero-order valence-electron chi connectivity index (χ0n) is 18.5. The van der Waals surface area contributed by atoms with Crippen LogP contribution in [0.3, 0.4) is 0 Å². The fourth-order valence-corrected chi connectivity index (χ4v) is 4.81. The Bertz CT molecular complexity index is 1290. The lowest BCUT2D eigenvalue weighted by Gasteiger charge is -2.50. The molecule has 3 aromatic rings. The van der Waals surface area contributed by atoms with E-state index in [0.717, 1.165) is 16.9 Å². The number of urea groups is 1. The predicted molar refractivity (Wildman–Crippen MR) is 124 cm³/mol. The number of ether oxygens (including phenoxy) is 3. The average Bonchev–Trinajstić information content (AvgIpc) is 3.30. The van der Waals surface area contributed by atoms with Gasteiger partial charge >= 0.3 is 6.03 Å². The van der Waals surface area contributed by atoms with E-state index >= 15 is 0 Å². The molecule has 3 amide bonds. The van der Waals surface area contributed by atoms with E-state index in [2.05, 4.69) is 10.6 Å². The predicted octanol–water partition coefficient (Wildman–Crippen LogP) is 4.11. The van der Waals surface area contributed by atoms with Gasteiger partial charge in [0.05, 0.1) is 6.04 Å². The van der Waals surface area contributed by atoms with Crippen molar-refractivity contribution in [1.82, 2.24) is 10.6 Å². The van der Waals surface area contributed by atoms with E-state index in [4.69, 9.17) is 14.2 Å². The Labute approximate surface area is 196 Å². The first-order valence-electron chi connectivity index (χ1n) is 11.2. The first kappa shape index (κ1) is 20.4. The Morgan fingerprint density at radius 2 is 1.85 bits per heavy atom. The van der Waals surface area contributed by atoms with Crippen LogP contribution in [0, 0.1) is 0 Å². The van der Waals surface area contributed by atoms with Gasteiger partial charge in [-0.15, -0.1) is 0 Å². The number of nitrogens with one attached hydrogen (secondary N) is 2. The Balaban J connectivity index is 1.17. The minimum absolute atomic E-state index is 0.0973. The molecule has 0 unspecified atom stereocenters. The largest absolute Gasteiger partial charge is 0.467 e. The summed E-state index contributed by atoms with van der Waals surface area (Å²) in [6, 6.07) is 20.0. The van der Waals surface area contributed by atoms with Gasteiger partial charge in [0.2, 0.25) is 6.79 Å². The topological polar surface area (TPSA) is 89.1 Å². The minimum atomic E-state index is -0.829. The third-order valence-electron chi connectivity index (χ3n) is 6.46. The van der Waals surface area contributed by atoms with E-state index in [1.54, 1.807) is 29.2 Å². The fourth-order valence-electron chi connectivity index (χ4n) is 4.81. The lowest BCUT2D eigenvalue weighted by Crippen LogP contribution is -2.65. The monoisotopic (exact) mass is 457 g/mol. The smallest absolute Gasteiger partial charge is 0.325 e. The van der Waals surface area contributed by atoms with E-state index in [1.807, 2.05) is 49.4 Å². The number of anilines is 1. The first-order chi connectivity index (χ1) is 16.5. The van der Waals surface area contributed by atoms with Crippen LogP contribution in [0.4, 0.5) is 10.5 Å². The summed E-state index contributed by atoms with van der Waals surface area (Å²) in [5.74, 6) is 1.95. The van der Waals surface area contributed by atoms with Crippen LogP contribution in [0.15, 0.2) is 66.7 Å². The number of rotatable bonds is 4. The van der Waals surface area contributed by atoms with Crippen molar-refractivity contribution in [2.75, 3.05) is 11.7 Å². The Morgan fingerprint density at radius 1 is 1.06 bits per heavy atom. The molecule has 0 saturated carbocycles. The number of fused-ring (bicyclic) bond motifs is 5. The van der Waals surface area contributed by atoms with Crippen LogP contribution in [-0.2, 0) is 6.54 Å². The van der Waals surface area contributed by atoms with Crippen LogP contribution in [0.2, 0.25) is 0 Å². The third-order valence-corrected chi connectivity index (χ3v) is 6.46. The molecule has 2 bridgehead atoms. The molecule has 0 radical (unpaired) electrons.